The predicted molar refractivity (Wildman–Crippen MR) is 133 cm³/mol. The molecule has 2 aromatic rings. The van der Waals surface area contributed by atoms with E-state index in [1.807, 2.05) is 10.8 Å². The Kier molecular flexibility index (Phi) is 7.88. The van der Waals surface area contributed by atoms with Crippen LogP contribution in [0.25, 0.3) is 0 Å². The number of nitrogens with two attached hydrogens (primary N) is 1. The molecule has 2 aliphatic heterocycles. The number of benzene rings is 1. The molecule has 0 spiro atoms. The number of rotatable bonds is 6. The quantitative estimate of drug-likeness (QED) is 0.393. The summed E-state index contributed by atoms with van der Waals surface area (Å²) in [6.45, 7) is 1.30. The molecule has 0 aliphatic carbocycles. The van der Waals surface area contributed by atoms with Crippen LogP contribution in [0.15, 0.2) is 22.9 Å². The van der Waals surface area contributed by atoms with Crippen LogP contribution < -0.4 is 11.1 Å². The van der Waals surface area contributed by atoms with Gasteiger partial charge in [-0.05, 0) is 42.3 Å². The summed E-state index contributed by atoms with van der Waals surface area (Å²) in [6.07, 6.45) is -3.98. The van der Waals surface area contributed by atoms with Crippen molar-refractivity contribution in [1.29, 1.82) is 0 Å². The highest BCUT2D eigenvalue weighted by molar-refractivity contribution is 7.08. The number of hydrogen-bond acceptors (Lipinski definition) is 6. The van der Waals surface area contributed by atoms with E-state index in [1.54, 1.807) is 9.80 Å². The molecule has 200 valence electrons. The summed E-state index contributed by atoms with van der Waals surface area (Å²) in [5.41, 5.74) is 5.81. The number of esters is 1. The number of anilines is 2. The average Bonchev–Trinajstić information content (AvgIpc) is 3.31. The highest BCUT2D eigenvalue weighted by Crippen LogP contribution is 2.38. The number of methoxy groups -OCH3 is 1. The number of halogens is 4. The highest BCUT2D eigenvalue weighted by atomic mass is 35.5. The van der Waals surface area contributed by atoms with E-state index < -0.39 is 29.3 Å². The van der Waals surface area contributed by atoms with E-state index in [-0.39, 0.29) is 41.4 Å². The van der Waals surface area contributed by atoms with Crippen LogP contribution in [0.4, 0.5) is 29.3 Å². The molecule has 0 unspecified atom stereocenters. The second-order valence-corrected chi connectivity index (χ2v) is 10.3. The maximum Gasteiger partial charge on any atom is 0.418 e. The van der Waals surface area contributed by atoms with Gasteiger partial charge in [0.15, 0.2) is 0 Å². The Balaban J connectivity index is 1.39. The van der Waals surface area contributed by atoms with E-state index in [0.29, 0.717) is 32.5 Å². The molecule has 1 saturated heterocycles. The van der Waals surface area contributed by atoms with E-state index in [9.17, 15) is 27.6 Å². The van der Waals surface area contributed by atoms with Crippen LogP contribution in [0.5, 0.6) is 0 Å². The first kappa shape index (κ1) is 27.1. The van der Waals surface area contributed by atoms with Gasteiger partial charge < -0.3 is 25.6 Å². The van der Waals surface area contributed by atoms with Gasteiger partial charge in [0, 0.05) is 36.5 Å². The number of nitrogen functional groups attached to an aromatic ring is 1. The maximum absolute atomic E-state index is 13.4. The van der Waals surface area contributed by atoms with E-state index in [2.05, 4.69) is 5.32 Å². The Morgan fingerprint density at radius 2 is 1.97 bits per heavy atom. The monoisotopic (exact) mass is 558 g/mol. The lowest BCUT2D eigenvalue weighted by Gasteiger charge is -2.40. The second kappa shape index (κ2) is 10.8. The van der Waals surface area contributed by atoms with Gasteiger partial charge in [0.1, 0.15) is 0 Å². The first-order valence-electron chi connectivity index (χ1n) is 11.6. The molecule has 0 bridgehead atoms. The third-order valence-corrected chi connectivity index (χ3v) is 7.88. The molecule has 1 fully saturated rings. The van der Waals surface area contributed by atoms with Crippen molar-refractivity contribution in [2.24, 2.45) is 5.92 Å². The van der Waals surface area contributed by atoms with Crippen LogP contribution in [-0.2, 0) is 33.5 Å². The van der Waals surface area contributed by atoms with Crippen molar-refractivity contribution in [3.8, 4) is 0 Å². The molecule has 1 aromatic carbocycles. The lowest BCUT2D eigenvalue weighted by Crippen LogP contribution is -2.51. The molecule has 3 amide bonds. The van der Waals surface area contributed by atoms with Crippen molar-refractivity contribution in [3.05, 3.63) is 44.6 Å². The number of hydrogen-bond donors (Lipinski definition) is 2. The summed E-state index contributed by atoms with van der Waals surface area (Å²) < 4.78 is 44.9. The number of carbonyl (C=O) groups is 3. The minimum absolute atomic E-state index is 0.0359. The van der Waals surface area contributed by atoms with Gasteiger partial charge in [0.2, 0.25) is 5.91 Å². The minimum atomic E-state index is -4.72. The van der Waals surface area contributed by atoms with Crippen molar-refractivity contribution in [2.75, 3.05) is 31.2 Å². The number of thiophene rings is 1. The highest BCUT2D eigenvalue weighted by Gasteiger charge is 2.36. The summed E-state index contributed by atoms with van der Waals surface area (Å²) in [6, 6.07) is 1.91. The fourth-order valence-corrected chi connectivity index (χ4v) is 5.80. The Labute approximate surface area is 220 Å². The summed E-state index contributed by atoms with van der Waals surface area (Å²) >= 11 is 7.43. The van der Waals surface area contributed by atoms with Crippen molar-refractivity contribution in [2.45, 2.75) is 44.4 Å². The standard InChI is InChI=1S/C24H26ClF3N4O4S/c1-36-22(34)14(6-13-7-17(24(26,27)28)21(29)18(25)8-13)9-20(33)31-4-2-16(3-5-31)32-10-15-11-37-12-19(15)30-23(32)35/h7-8,11-12,14,16H,2-6,9-10,29H2,1H3,(H,30,35)/t14-/m0/s1. The zero-order valence-corrected chi connectivity index (χ0v) is 21.5. The molecule has 1 aromatic heterocycles. The number of carbonyl (C=O) groups excluding carboxylic acids is 3. The number of nitrogens with one attached hydrogen (secondary N) is 1. The van der Waals surface area contributed by atoms with E-state index in [0.717, 1.165) is 24.4 Å². The lowest BCUT2D eigenvalue weighted by atomic mass is 9.93. The van der Waals surface area contributed by atoms with Gasteiger partial charge in [0.25, 0.3) is 0 Å². The number of nitrogens with zero attached hydrogens (tertiary/aromatic N) is 2. The van der Waals surface area contributed by atoms with Gasteiger partial charge in [-0.25, -0.2) is 4.79 Å². The zero-order chi connectivity index (χ0) is 26.9. The topological polar surface area (TPSA) is 105 Å². The van der Waals surface area contributed by atoms with Crippen LogP contribution in [0.1, 0.15) is 36.0 Å². The number of likely N-dealkylation sites (tertiary alicyclic amines) is 1. The number of fused-ring (bicyclic) bond motifs is 1. The lowest BCUT2D eigenvalue weighted by molar-refractivity contribution is -0.149. The second-order valence-electron chi connectivity index (χ2n) is 9.15. The van der Waals surface area contributed by atoms with Crippen molar-refractivity contribution in [1.82, 2.24) is 9.80 Å². The number of piperidine rings is 1. The average molecular weight is 559 g/mol. The third-order valence-electron chi connectivity index (χ3n) is 6.78. The molecule has 13 heteroatoms. The van der Waals surface area contributed by atoms with Crippen LogP contribution in [-0.4, -0.2) is 53.9 Å². The van der Waals surface area contributed by atoms with Crippen LogP contribution in [0.2, 0.25) is 5.02 Å². The van der Waals surface area contributed by atoms with Gasteiger partial charge in [0.05, 0.1) is 41.5 Å². The van der Waals surface area contributed by atoms with E-state index in [1.165, 1.54) is 17.4 Å². The molecule has 0 radical (unpaired) electrons. The summed E-state index contributed by atoms with van der Waals surface area (Å²) in [5, 5.41) is 6.50. The Morgan fingerprint density at radius 3 is 2.62 bits per heavy atom. The molecule has 0 saturated carbocycles. The van der Waals surface area contributed by atoms with Crippen LogP contribution >= 0.6 is 22.9 Å². The minimum Gasteiger partial charge on any atom is -0.469 e. The summed E-state index contributed by atoms with van der Waals surface area (Å²) in [4.78, 5) is 41.4. The molecule has 2 aliphatic rings. The number of urea groups is 1. The summed E-state index contributed by atoms with van der Waals surface area (Å²) in [5.74, 6) is -2.02. The number of ether oxygens (including phenoxy) is 1. The summed E-state index contributed by atoms with van der Waals surface area (Å²) in [7, 11) is 1.16. The van der Waals surface area contributed by atoms with Crippen LogP contribution in [0.3, 0.4) is 0 Å². The van der Waals surface area contributed by atoms with Gasteiger partial charge in [-0.15, -0.1) is 11.3 Å². The SMILES string of the molecule is COC(=O)[C@H](CC(=O)N1CCC(N2Cc3cscc3NC2=O)CC1)Cc1cc(Cl)c(N)c(C(F)(F)F)c1. The smallest absolute Gasteiger partial charge is 0.418 e. The largest absolute Gasteiger partial charge is 0.469 e. The van der Waals surface area contributed by atoms with E-state index in [4.69, 9.17) is 22.1 Å². The van der Waals surface area contributed by atoms with Gasteiger partial charge in [-0.3, -0.25) is 9.59 Å². The fraction of sp³-hybridized carbons (Fsp3) is 0.458. The molecular weight excluding hydrogens is 533 g/mol. The first-order valence-corrected chi connectivity index (χ1v) is 12.9. The molecule has 3 N–H and O–H groups in total. The van der Waals surface area contributed by atoms with Crippen molar-refractivity contribution < 1.29 is 32.3 Å². The number of amides is 3. The third kappa shape index (κ3) is 5.96. The number of alkyl halides is 3. The van der Waals surface area contributed by atoms with Gasteiger partial charge in [-0.2, -0.15) is 13.2 Å². The maximum atomic E-state index is 13.4. The fourth-order valence-electron chi connectivity index (χ4n) is 4.78. The zero-order valence-electron chi connectivity index (χ0n) is 19.9. The van der Waals surface area contributed by atoms with Crippen molar-refractivity contribution in [3.63, 3.8) is 0 Å². The Bertz CT molecular complexity index is 1200. The molecular formula is C24H26ClF3N4O4S. The van der Waals surface area contributed by atoms with Crippen LogP contribution in [0, 0.1) is 5.92 Å². The Morgan fingerprint density at radius 1 is 1.27 bits per heavy atom. The molecule has 3 heterocycles. The molecule has 1 atom stereocenters. The molecule has 4 rings (SSSR count). The normalized spacial score (nSPS) is 17.3. The van der Waals surface area contributed by atoms with Gasteiger partial charge >= 0.3 is 18.2 Å². The van der Waals surface area contributed by atoms with Gasteiger partial charge in [-0.1, -0.05) is 11.6 Å². The van der Waals surface area contributed by atoms with Crippen molar-refractivity contribution >= 4 is 52.2 Å². The van der Waals surface area contributed by atoms with E-state index >= 15 is 0 Å². The molecule has 8 nitrogen and oxygen atoms in total. The first-order chi connectivity index (χ1) is 17.5. The Hall–Kier alpha value is -2.99. The predicted octanol–water partition coefficient (Wildman–Crippen LogP) is 4.76. The molecule has 37 heavy (non-hydrogen) atoms.